The second-order valence-corrected chi connectivity index (χ2v) is 5.97. The summed E-state index contributed by atoms with van der Waals surface area (Å²) in [7, 11) is 0. The molecule has 0 aromatic heterocycles. The van der Waals surface area contributed by atoms with Gasteiger partial charge in [-0.25, -0.2) is 9.59 Å². The number of ether oxygens (including phenoxy) is 1. The Morgan fingerprint density at radius 2 is 1.77 bits per heavy atom. The maximum Gasteiger partial charge on any atom is 0.443 e. The quantitative estimate of drug-likeness (QED) is 0.373. The number of carbonyl (C=O) groups is 2. The third-order valence-corrected chi connectivity index (χ3v) is 3.55. The number of hydrogen-bond acceptors (Lipinski definition) is 4. The molecule has 0 aliphatic heterocycles. The summed E-state index contributed by atoms with van der Waals surface area (Å²) < 4.78 is 5.02. The molecule has 0 unspecified atom stereocenters. The molecule has 5 heteroatoms. The van der Waals surface area contributed by atoms with Gasteiger partial charge < -0.3 is 9.57 Å². The first-order chi connectivity index (χ1) is 10.3. The molecule has 0 aromatic rings. The van der Waals surface area contributed by atoms with Crippen LogP contribution < -0.4 is 0 Å². The summed E-state index contributed by atoms with van der Waals surface area (Å²) in [5.41, 5.74) is -0.153. The summed E-state index contributed by atoms with van der Waals surface area (Å²) in [5.74, 6) is -0.530. The molecule has 0 aliphatic rings. The standard InChI is InChI=1S/C17H31NO4/c1-7-10-11-12-13-17(5,6)18(16(20)21-9-3)22-15(19)14(4)8-2/h8H,7,9-13H2,1-6H3. The number of nitrogens with zero attached hydrogens (tertiary/aromatic N) is 1. The highest BCUT2D eigenvalue weighted by molar-refractivity contribution is 5.88. The zero-order valence-electron chi connectivity index (χ0n) is 14.9. The van der Waals surface area contributed by atoms with Gasteiger partial charge in [0.2, 0.25) is 0 Å². The Balaban J connectivity index is 4.96. The molecule has 0 saturated carbocycles. The molecular weight excluding hydrogens is 282 g/mol. The van der Waals surface area contributed by atoms with Gasteiger partial charge in [-0.15, -0.1) is 5.06 Å². The summed E-state index contributed by atoms with van der Waals surface area (Å²) in [6.45, 7) is 11.3. The van der Waals surface area contributed by atoms with Crippen LogP contribution in [0, 0.1) is 0 Å². The van der Waals surface area contributed by atoms with E-state index in [1.54, 1.807) is 26.8 Å². The molecule has 0 atom stereocenters. The van der Waals surface area contributed by atoms with E-state index in [0.29, 0.717) is 5.57 Å². The molecule has 0 saturated heterocycles. The molecule has 0 N–H and O–H groups in total. The lowest BCUT2D eigenvalue weighted by atomic mass is 9.96. The minimum atomic E-state index is -0.625. The number of rotatable bonds is 8. The molecule has 0 aromatic carbocycles. The molecule has 128 valence electrons. The van der Waals surface area contributed by atoms with Crippen LogP contribution in [0.5, 0.6) is 0 Å². The molecule has 0 fully saturated rings. The van der Waals surface area contributed by atoms with Crippen LogP contribution >= 0.6 is 0 Å². The van der Waals surface area contributed by atoms with Crippen LogP contribution in [0.2, 0.25) is 0 Å². The van der Waals surface area contributed by atoms with Crippen molar-refractivity contribution in [2.45, 2.75) is 79.2 Å². The Morgan fingerprint density at radius 1 is 1.14 bits per heavy atom. The van der Waals surface area contributed by atoms with Crippen molar-refractivity contribution in [2.75, 3.05) is 6.61 Å². The monoisotopic (exact) mass is 313 g/mol. The van der Waals surface area contributed by atoms with E-state index in [4.69, 9.17) is 9.57 Å². The SMILES string of the molecule is CC=C(C)C(=O)ON(C(=O)OCC)C(C)(C)CCCCCC. The van der Waals surface area contributed by atoms with Crippen molar-refractivity contribution in [2.24, 2.45) is 0 Å². The predicted octanol–water partition coefficient (Wildman–Crippen LogP) is 4.62. The number of hydrogen-bond donors (Lipinski definition) is 0. The van der Waals surface area contributed by atoms with Crippen molar-refractivity contribution in [1.82, 2.24) is 5.06 Å². The summed E-state index contributed by atoms with van der Waals surface area (Å²) in [5, 5.41) is 1.08. The van der Waals surface area contributed by atoms with Gasteiger partial charge in [-0.3, -0.25) is 0 Å². The first kappa shape index (κ1) is 20.5. The first-order valence-corrected chi connectivity index (χ1v) is 8.12. The molecule has 1 amide bonds. The second-order valence-electron chi connectivity index (χ2n) is 5.97. The maximum absolute atomic E-state index is 12.1. The summed E-state index contributed by atoms with van der Waals surface area (Å²) in [6.07, 6.45) is 6.15. The fourth-order valence-corrected chi connectivity index (χ4v) is 1.95. The largest absolute Gasteiger partial charge is 0.448 e. The van der Waals surface area contributed by atoms with Crippen LogP contribution in [0.25, 0.3) is 0 Å². The number of amides is 1. The summed E-state index contributed by atoms with van der Waals surface area (Å²) >= 11 is 0. The van der Waals surface area contributed by atoms with Gasteiger partial charge in [-0.1, -0.05) is 38.7 Å². The molecule has 0 radical (unpaired) electrons. The fraction of sp³-hybridized carbons (Fsp3) is 0.765. The first-order valence-electron chi connectivity index (χ1n) is 8.12. The van der Waals surface area contributed by atoms with Crippen molar-refractivity contribution in [3.63, 3.8) is 0 Å². The lowest BCUT2D eigenvalue weighted by Crippen LogP contribution is -2.49. The Morgan fingerprint density at radius 3 is 2.27 bits per heavy atom. The molecule has 5 nitrogen and oxygen atoms in total. The summed E-state index contributed by atoms with van der Waals surface area (Å²) in [4.78, 5) is 29.4. The van der Waals surface area contributed by atoms with E-state index in [-0.39, 0.29) is 6.61 Å². The molecule has 0 spiro atoms. The fourth-order valence-electron chi connectivity index (χ4n) is 1.95. The molecular formula is C17H31NO4. The van der Waals surface area contributed by atoms with Gasteiger partial charge in [0.1, 0.15) is 0 Å². The number of hydroxylamine groups is 2. The topological polar surface area (TPSA) is 55.8 Å². The van der Waals surface area contributed by atoms with Gasteiger partial charge >= 0.3 is 12.1 Å². The molecule has 0 bridgehead atoms. The Hall–Kier alpha value is -1.52. The smallest absolute Gasteiger partial charge is 0.443 e. The van der Waals surface area contributed by atoms with E-state index < -0.39 is 17.6 Å². The zero-order chi connectivity index (χ0) is 17.2. The maximum atomic E-state index is 12.1. The highest BCUT2D eigenvalue weighted by Gasteiger charge is 2.35. The third-order valence-electron chi connectivity index (χ3n) is 3.55. The predicted molar refractivity (Wildman–Crippen MR) is 87.2 cm³/mol. The van der Waals surface area contributed by atoms with Crippen LogP contribution in [0.3, 0.4) is 0 Å². The lowest BCUT2D eigenvalue weighted by Gasteiger charge is -2.35. The number of unbranched alkanes of at least 4 members (excludes halogenated alkanes) is 3. The van der Waals surface area contributed by atoms with Crippen LogP contribution in [-0.2, 0) is 14.4 Å². The van der Waals surface area contributed by atoms with Crippen LogP contribution in [0.15, 0.2) is 11.6 Å². The van der Waals surface area contributed by atoms with Crippen LogP contribution in [-0.4, -0.2) is 29.3 Å². The van der Waals surface area contributed by atoms with E-state index in [1.807, 2.05) is 13.8 Å². The molecule has 0 aliphatic carbocycles. The van der Waals surface area contributed by atoms with Gasteiger partial charge in [0.05, 0.1) is 12.1 Å². The van der Waals surface area contributed by atoms with Crippen molar-refractivity contribution in [1.29, 1.82) is 0 Å². The van der Waals surface area contributed by atoms with Crippen LogP contribution in [0.4, 0.5) is 4.79 Å². The molecule has 22 heavy (non-hydrogen) atoms. The Bertz CT molecular complexity index is 388. The average molecular weight is 313 g/mol. The van der Waals surface area contributed by atoms with Crippen molar-refractivity contribution >= 4 is 12.1 Å². The number of allylic oxidation sites excluding steroid dienone is 1. The van der Waals surface area contributed by atoms with Crippen molar-refractivity contribution < 1.29 is 19.2 Å². The zero-order valence-corrected chi connectivity index (χ0v) is 14.9. The number of carbonyl (C=O) groups excluding carboxylic acids is 2. The Labute approximate surface area is 134 Å². The second kappa shape index (κ2) is 10.2. The van der Waals surface area contributed by atoms with Crippen LogP contribution in [0.1, 0.15) is 73.6 Å². The summed E-state index contributed by atoms with van der Waals surface area (Å²) in [6, 6.07) is 0. The minimum absolute atomic E-state index is 0.237. The molecule has 0 heterocycles. The van der Waals surface area contributed by atoms with Gasteiger partial charge in [0.25, 0.3) is 0 Å². The van der Waals surface area contributed by atoms with Gasteiger partial charge in [-0.05, 0) is 41.0 Å². The third kappa shape index (κ3) is 6.96. The van der Waals surface area contributed by atoms with E-state index in [2.05, 4.69) is 6.92 Å². The highest BCUT2D eigenvalue weighted by atomic mass is 16.8. The average Bonchev–Trinajstić information content (AvgIpc) is 2.48. The normalized spacial score (nSPS) is 12.0. The van der Waals surface area contributed by atoms with E-state index >= 15 is 0 Å². The van der Waals surface area contributed by atoms with E-state index in [9.17, 15) is 9.59 Å². The van der Waals surface area contributed by atoms with Gasteiger partial charge in [-0.2, -0.15) is 0 Å². The minimum Gasteiger partial charge on any atom is -0.448 e. The van der Waals surface area contributed by atoms with Gasteiger partial charge in [0.15, 0.2) is 0 Å². The van der Waals surface area contributed by atoms with E-state index in [0.717, 1.165) is 37.2 Å². The highest BCUT2D eigenvalue weighted by Crippen LogP contribution is 2.24. The Kier molecular flexibility index (Phi) is 9.54. The van der Waals surface area contributed by atoms with Crippen molar-refractivity contribution in [3.05, 3.63) is 11.6 Å². The van der Waals surface area contributed by atoms with Crippen molar-refractivity contribution in [3.8, 4) is 0 Å². The van der Waals surface area contributed by atoms with E-state index in [1.165, 1.54) is 0 Å². The lowest BCUT2D eigenvalue weighted by molar-refractivity contribution is -0.199. The molecule has 0 rings (SSSR count). The van der Waals surface area contributed by atoms with Gasteiger partial charge in [0, 0.05) is 5.57 Å².